The summed E-state index contributed by atoms with van der Waals surface area (Å²) in [6, 6.07) is 0.564. The van der Waals surface area contributed by atoms with Gasteiger partial charge in [0, 0.05) is 18.3 Å². The van der Waals surface area contributed by atoms with Gasteiger partial charge in [0.2, 0.25) is 5.95 Å². The molecule has 1 aromatic heterocycles. The van der Waals surface area contributed by atoms with E-state index in [9.17, 15) is 8.42 Å². The van der Waals surface area contributed by atoms with Gasteiger partial charge in [-0.1, -0.05) is 0 Å². The molecule has 0 radical (unpaired) electrons. The molecule has 0 saturated carbocycles. The van der Waals surface area contributed by atoms with Crippen LogP contribution in [0.5, 0.6) is 0 Å². The van der Waals surface area contributed by atoms with Gasteiger partial charge in [-0.15, -0.1) is 0 Å². The average molecular weight is 271 g/mol. The summed E-state index contributed by atoms with van der Waals surface area (Å²) in [5.74, 6) is 1.42. The summed E-state index contributed by atoms with van der Waals surface area (Å²) < 4.78 is 24.9. The van der Waals surface area contributed by atoms with E-state index in [2.05, 4.69) is 28.7 Å². The van der Waals surface area contributed by atoms with Crippen LogP contribution in [0.1, 0.15) is 38.4 Å². The summed E-state index contributed by atoms with van der Waals surface area (Å²) in [5.41, 5.74) is 0.981. The van der Waals surface area contributed by atoms with Crippen molar-refractivity contribution >= 4 is 15.8 Å². The van der Waals surface area contributed by atoms with Gasteiger partial charge in [0.15, 0.2) is 0 Å². The lowest BCUT2D eigenvalue weighted by Crippen LogP contribution is -2.33. The molecule has 6 heteroatoms. The minimum atomic E-state index is -2.80. The number of imidazole rings is 1. The highest BCUT2D eigenvalue weighted by Gasteiger charge is 2.24. The molecule has 1 N–H and O–H groups in total. The fourth-order valence-electron chi connectivity index (χ4n) is 2.23. The summed E-state index contributed by atoms with van der Waals surface area (Å²) in [6.45, 7) is 6.19. The maximum Gasteiger partial charge on any atom is 0.203 e. The number of anilines is 1. The maximum absolute atomic E-state index is 11.4. The van der Waals surface area contributed by atoms with E-state index < -0.39 is 9.84 Å². The summed E-state index contributed by atoms with van der Waals surface area (Å²) >= 11 is 0. The van der Waals surface area contributed by atoms with E-state index in [0.717, 1.165) is 11.6 Å². The smallest absolute Gasteiger partial charge is 0.203 e. The van der Waals surface area contributed by atoms with Gasteiger partial charge in [-0.2, -0.15) is 0 Å². The van der Waals surface area contributed by atoms with Crippen LogP contribution in [-0.4, -0.2) is 35.5 Å². The average Bonchev–Trinajstić information content (AvgIpc) is 2.63. The fourth-order valence-corrected chi connectivity index (χ4v) is 3.72. The number of nitrogens with one attached hydrogen (secondary N) is 1. The maximum atomic E-state index is 11.4. The molecule has 18 heavy (non-hydrogen) atoms. The molecule has 102 valence electrons. The lowest BCUT2D eigenvalue weighted by atomic mass is 10.2. The number of sulfone groups is 1. The van der Waals surface area contributed by atoms with Crippen molar-refractivity contribution in [3.05, 3.63) is 11.9 Å². The Morgan fingerprint density at radius 2 is 2.00 bits per heavy atom. The normalized spacial score (nSPS) is 20.2. The minimum Gasteiger partial charge on any atom is -0.353 e. The molecule has 1 saturated heterocycles. The van der Waals surface area contributed by atoms with Gasteiger partial charge >= 0.3 is 0 Å². The van der Waals surface area contributed by atoms with Crippen molar-refractivity contribution in [3.63, 3.8) is 0 Å². The van der Waals surface area contributed by atoms with E-state index in [-0.39, 0.29) is 17.5 Å². The molecule has 0 unspecified atom stereocenters. The Kier molecular flexibility index (Phi) is 3.66. The van der Waals surface area contributed by atoms with Crippen molar-refractivity contribution < 1.29 is 8.42 Å². The fraction of sp³-hybridized carbons (Fsp3) is 0.750. The van der Waals surface area contributed by atoms with Gasteiger partial charge in [-0.25, -0.2) is 13.4 Å². The molecule has 0 bridgehead atoms. The van der Waals surface area contributed by atoms with Crippen LogP contribution in [0.2, 0.25) is 0 Å². The third-order valence-corrected chi connectivity index (χ3v) is 5.01. The highest BCUT2D eigenvalue weighted by molar-refractivity contribution is 7.91. The Hall–Kier alpha value is -1.04. The van der Waals surface area contributed by atoms with E-state index in [1.807, 2.05) is 13.1 Å². The van der Waals surface area contributed by atoms with Crippen LogP contribution in [0.25, 0.3) is 0 Å². The highest BCUT2D eigenvalue weighted by Crippen LogP contribution is 2.20. The van der Waals surface area contributed by atoms with Crippen molar-refractivity contribution in [2.45, 2.75) is 45.7 Å². The monoisotopic (exact) mass is 271 g/mol. The summed E-state index contributed by atoms with van der Waals surface area (Å²) in [6.07, 6.45) is 3.37. The Labute approximate surface area is 109 Å². The number of hydrogen-bond acceptors (Lipinski definition) is 4. The Morgan fingerprint density at radius 3 is 2.56 bits per heavy atom. The van der Waals surface area contributed by atoms with Crippen LogP contribution in [-0.2, 0) is 9.84 Å². The number of hydrogen-bond donors (Lipinski definition) is 1. The molecule has 0 amide bonds. The van der Waals surface area contributed by atoms with Crippen LogP contribution in [0.4, 0.5) is 5.95 Å². The van der Waals surface area contributed by atoms with Gasteiger partial charge < -0.3 is 9.88 Å². The van der Waals surface area contributed by atoms with Crippen LogP contribution < -0.4 is 5.32 Å². The van der Waals surface area contributed by atoms with Crippen molar-refractivity contribution in [2.75, 3.05) is 16.8 Å². The van der Waals surface area contributed by atoms with Crippen molar-refractivity contribution in [1.29, 1.82) is 0 Å². The molecule has 0 aromatic carbocycles. The number of nitrogens with zero attached hydrogens (tertiary/aromatic N) is 2. The first-order valence-electron chi connectivity index (χ1n) is 6.40. The molecule has 2 rings (SSSR count). The first-order chi connectivity index (χ1) is 8.37. The molecule has 1 aliphatic rings. The van der Waals surface area contributed by atoms with E-state index in [1.54, 1.807) is 0 Å². The van der Waals surface area contributed by atoms with E-state index in [0.29, 0.717) is 18.9 Å². The van der Waals surface area contributed by atoms with Gasteiger partial charge in [-0.3, -0.25) is 0 Å². The topological polar surface area (TPSA) is 64.0 Å². The third kappa shape index (κ3) is 3.04. The number of aromatic nitrogens is 2. The van der Waals surface area contributed by atoms with E-state index >= 15 is 0 Å². The third-order valence-electron chi connectivity index (χ3n) is 3.30. The lowest BCUT2D eigenvalue weighted by Gasteiger charge is -2.24. The zero-order valence-electron chi connectivity index (χ0n) is 11.2. The molecular weight excluding hydrogens is 250 g/mol. The highest BCUT2D eigenvalue weighted by atomic mass is 32.2. The zero-order valence-corrected chi connectivity index (χ0v) is 12.0. The SMILES string of the molecule is Cc1cn(C(C)C)c(NC2CCS(=O)(=O)CC2)n1. The van der Waals surface area contributed by atoms with Crippen LogP contribution in [0.15, 0.2) is 6.20 Å². The zero-order chi connectivity index (χ0) is 13.3. The molecule has 1 fully saturated rings. The minimum absolute atomic E-state index is 0.216. The number of rotatable bonds is 3. The second-order valence-electron chi connectivity index (χ2n) is 5.28. The molecule has 0 spiro atoms. The van der Waals surface area contributed by atoms with Gasteiger partial charge in [-0.05, 0) is 33.6 Å². The van der Waals surface area contributed by atoms with Gasteiger partial charge in [0.05, 0.1) is 17.2 Å². The molecular formula is C12H21N3O2S. The van der Waals surface area contributed by atoms with Crippen molar-refractivity contribution in [1.82, 2.24) is 9.55 Å². The summed E-state index contributed by atoms with van der Waals surface area (Å²) in [5, 5.41) is 3.38. The predicted octanol–water partition coefficient (Wildman–Crippen LogP) is 1.76. The van der Waals surface area contributed by atoms with Crippen LogP contribution in [0, 0.1) is 6.92 Å². The van der Waals surface area contributed by atoms with Crippen molar-refractivity contribution in [2.24, 2.45) is 0 Å². The Balaban J connectivity index is 2.06. The largest absolute Gasteiger partial charge is 0.353 e. The second kappa shape index (κ2) is 4.91. The number of aryl methyl sites for hydroxylation is 1. The first kappa shape index (κ1) is 13.4. The Morgan fingerprint density at radius 1 is 1.39 bits per heavy atom. The molecule has 0 atom stereocenters. The van der Waals surface area contributed by atoms with Crippen LogP contribution in [0.3, 0.4) is 0 Å². The van der Waals surface area contributed by atoms with Gasteiger partial charge in [0.1, 0.15) is 9.84 Å². The second-order valence-corrected chi connectivity index (χ2v) is 7.58. The quantitative estimate of drug-likeness (QED) is 0.910. The molecule has 5 nitrogen and oxygen atoms in total. The lowest BCUT2D eigenvalue weighted by molar-refractivity contribution is 0.550. The Bertz CT molecular complexity index is 505. The molecule has 1 aromatic rings. The van der Waals surface area contributed by atoms with Crippen LogP contribution >= 0.6 is 0 Å². The molecule has 2 heterocycles. The predicted molar refractivity (Wildman–Crippen MR) is 72.6 cm³/mol. The van der Waals surface area contributed by atoms with Gasteiger partial charge in [0.25, 0.3) is 0 Å². The molecule has 1 aliphatic heterocycles. The summed E-state index contributed by atoms with van der Waals surface area (Å²) in [4.78, 5) is 4.46. The van der Waals surface area contributed by atoms with E-state index in [4.69, 9.17) is 0 Å². The molecule has 0 aliphatic carbocycles. The van der Waals surface area contributed by atoms with E-state index in [1.165, 1.54) is 0 Å². The first-order valence-corrected chi connectivity index (χ1v) is 8.22. The standard InChI is InChI=1S/C12H21N3O2S/c1-9(2)15-8-10(3)13-12(15)14-11-4-6-18(16,17)7-5-11/h8-9,11H,4-7H2,1-3H3,(H,13,14). The summed E-state index contributed by atoms with van der Waals surface area (Å²) in [7, 11) is -2.80. The van der Waals surface area contributed by atoms with Crippen molar-refractivity contribution in [3.8, 4) is 0 Å².